The van der Waals surface area contributed by atoms with Crippen molar-refractivity contribution in [3.05, 3.63) is 0 Å². The summed E-state index contributed by atoms with van der Waals surface area (Å²) in [5.74, 6) is 0. The van der Waals surface area contributed by atoms with Crippen LogP contribution >= 0.6 is 11.6 Å². The second kappa shape index (κ2) is 3.70. The van der Waals surface area contributed by atoms with E-state index in [0.717, 1.165) is 0 Å². The Balaban J connectivity index is 4.67. The molecule has 2 nitrogen and oxygen atoms in total. The van der Waals surface area contributed by atoms with Crippen LogP contribution in [0.25, 0.3) is 0 Å². The van der Waals surface area contributed by atoms with Crippen LogP contribution < -0.4 is 0 Å². The Morgan fingerprint density at radius 3 is 1.64 bits per heavy atom. The molecule has 0 rings (SSSR count). The molecule has 86 valence electrons. The summed E-state index contributed by atoms with van der Waals surface area (Å²) in [5, 5.41) is 2.42. The fraction of sp³-hybridized carbons (Fsp3) is 1.00. The fourth-order valence-corrected chi connectivity index (χ4v) is 0.380. The van der Waals surface area contributed by atoms with Crippen LogP contribution in [0.3, 0.4) is 0 Å². The number of hydrogen-bond acceptors (Lipinski definition) is 2. The first-order valence-corrected chi connectivity index (χ1v) is 3.12. The molecule has 0 aromatic heterocycles. The Morgan fingerprint density at radius 2 is 1.43 bits per heavy atom. The van der Waals surface area contributed by atoms with Crippen molar-refractivity contribution in [2.75, 3.05) is 0 Å². The molecule has 0 aliphatic rings. The van der Waals surface area contributed by atoms with Crippen molar-refractivity contribution >= 4 is 11.6 Å². The third-order valence-corrected chi connectivity index (χ3v) is 1.17. The van der Waals surface area contributed by atoms with Crippen LogP contribution in [-0.2, 0) is 4.74 Å². The molecule has 10 heteroatoms. The van der Waals surface area contributed by atoms with E-state index in [1.807, 2.05) is 0 Å². The number of rotatable bonds is 4. The molecular weight excluding hydrogens is 248 g/mol. The zero-order valence-corrected chi connectivity index (χ0v) is 6.71. The van der Waals surface area contributed by atoms with E-state index in [9.17, 15) is 30.7 Å². The zero-order valence-electron chi connectivity index (χ0n) is 5.96. The minimum atomic E-state index is -5.55. The highest BCUT2D eigenvalue weighted by atomic mass is 35.5. The number of alkyl halides is 8. The summed E-state index contributed by atoms with van der Waals surface area (Å²) >= 11 is 3.94. The Hall–Kier alpha value is -0.280. The van der Waals surface area contributed by atoms with Gasteiger partial charge in [-0.25, -0.2) is 8.78 Å². The van der Waals surface area contributed by atoms with Crippen LogP contribution in [0.4, 0.5) is 30.7 Å². The highest BCUT2D eigenvalue weighted by Gasteiger charge is 2.62. The van der Waals surface area contributed by atoms with Gasteiger partial charge >= 0.3 is 24.0 Å². The average molecular weight is 250 g/mol. The lowest BCUT2D eigenvalue weighted by atomic mass is 10.6. The Bertz CT molecular complexity index is 200. The van der Waals surface area contributed by atoms with Crippen molar-refractivity contribution in [2.45, 2.75) is 24.0 Å². The van der Waals surface area contributed by atoms with E-state index in [4.69, 9.17) is 5.11 Å². The van der Waals surface area contributed by atoms with Crippen LogP contribution in [0.1, 0.15) is 0 Å². The van der Waals surface area contributed by atoms with Gasteiger partial charge in [-0.3, -0.25) is 4.74 Å². The maximum Gasteiger partial charge on any atom is 0.428 e. The van der Waals surface area contributed by atoms with Gasteiger partial charge in [0.2, 0.25) is 0 Å². The Morgan fingerprint density at radius 1 is 1.07 bits per heavy atom. The van der Waals surface area contributed by atoms with Gasteiger partial charge in [0.05, 0.1) is 0 Å². The predicted octanol–water partition coefficient (Wildman–Crippen LogP) is 2.31. The summed E-state index contributed by atoms with van der Waals surface area (Å²) in [6, 6.07) is 0. The smallest absolute Gasteiger partial charge is 0.331 e. The highest BCUT2D eigenvalue weighted by molar-refractivity contribution is 6.22. The molecule has 0 heterocycles. The largest absolute Gasteiger partial charge is 0.428 e. The third kappa shape index (κ3) is 3.14. The van der Waals surface area contributed by atoms with Gasteiger partial charge in [0.15, 0.2) is 0 Å². The topological polar surface area (TPSA) is 29.5 Å². The van der Waals surface area contributed by atoms with Crippen molar-refractivity contribution in [1.82, 2.24) is 0 Å². The fourth-order valence-electron chi connectivity index (χ4n) is 0.277. The Kier molecular flexibility index (Phi) is 3.63. The van der Waals surface area contributed by atoms with Gasteiger partial charge < -0.3 is 5.11 Å². The van der Waals surface area contributed by atoms with E-state index < -0.39 is 24.0 Å². The van der Waals surface area contributed by atoms with E-state index in [2.05, 4.69) is 16.3 Å². The normalized spacial score (nSPS) is 18.4. The standard InChI is InChI=1S/C4H2ClF7O2/c5-3(10,4(11,12)13)14-2(8,9)1(6)7/h1,13H. The molecule has 1 unspecified atom stereocenters. The van der Waals surface area contributed by atoms with Crippen molar-refractivity contribution in [3.63, 3.8) is 0 Å². The monoisotopic (exact) mass is 250 g/mol. The van der Waals surface area contributed by atoms with Crippen LogP contribution in [0, 0.1) is 0 Å². The first-order valence-electron chi connectivity index (χ1n) is 2.74. The second-order valence-corrected chi connectivity index (χ2v) is 2.51. The molecule has 0 aliphatic carbocycles. The average Bonchev–Trinajstić information content (AvgIpc) is 1.80. The van der Waals surface area contributed by atoms with Crippen molar-refractivity contribution in [3.8, 4) is 0 Å². The van der Waals surface area contributed by atoms with E-state index in [1.54, 1.807) is 0 Å². The van der Waals surface area contributed by atoms with Gasteiger partial charge in [0.25, 0.3) is 0 Å². The van der Waals surface area contributed by atoms with Gasteiger partial charge in [-0.15, -0.1) is 0 Å². The molecule has 0 radical (unpaired) electrons. The van der Waals surface area contributed by atoms with Gasteiger partial charge in [0.1, 0.15) is 0 Å². The van der Waals surface area contributed by atoms with E-state index in [0.29, 0.717) is 0 Å². The lowest BCUT2D eigenvalue weighted by Crippen LogP contribution is -2.48. The van der Waals surface area contributed by atoms with E-state index >= 15 is 0 Å². The summed E-state index contributed by atoms with van der Waals surface area (Å²) in [7, 11) is 0. The zero-order chi connectivity index (χ0) is 11.8. The minimum absolute atomic E-state index is 2.27. The van der Waals surface area contributed by atoms with Crippen molar-refractivity contribution in [1.29, 1.82) is 0 Å². The molecule has 0 aromatic carbocycles. The van der Waals surface area contributed by atoms with Crippen LogP contribution in [0.15, 0.2) is 0 Å². The number of hydrogen-bond donors (Lipinski definition) is 1. The highest BCUT2D eigenvalue weighted by Crippen LogP contribution is 2.41. The molecule has 0 spiro atoms. The van der Waals surface area contributed by atoms with Crippen LogP contribution in [0.2, 0.25) is 0 Å². The lowest BCUT2D eigenvalue weighted by molar-refractivity contribution is -0.417. The molecule has 1 N–H and O–H groups in total. The summed E-state index contributed by atoms with van der Waals surface area (Å²) in [6.07, 6.45) is -15.7. The third-order valence-electron chi connectivity index (χ3n) is 0.868. The molecule has 0 bridgehead atoms. The molecule has 0 aromatic rings. The van der Waals surface area contributed by atoms with Gasteiger partial charge in [-0.05, 0) is 11.6 Å². The first-order chi connectivity index (χ1) is 5.90. The van der Waals surface area contributed by atoms with Crippen LogP contribution in [-0.4, -0.2) is 29.1 Å². The first kappa shape index (κ1) is 13.7. The van der Waals surface area contributed by atoms with Crippen molar-refractivity contribution < 1.29 is 40.6 Å². The SMILES string of the molecule is OC(F)(F)C(F)(Cl)OC(F)(F)C(F)F. The summed E-state index contributed by atoms with van der Waals surface area (Å²) in [4.78, 5) is 0. The molecule has 0 amide bonds. The molecule has 0 aliphatic heterocycles. The van der Waals surface area contributed by atoms with Gasteiger partial charge in [-0.1, -0.05) is 0 Å². The molecule has 0 saturated heterocycles. The molecule has 0 fully saturated rings. The summed E-state index contributed by atoms with van der Waals surface area (Å²) in [5.41, 5.74) is 0. The molecule has 0 saturated carbocycles. The Labute approximate surface area is 77.2 Å². The molecule has 14 heavy (non-hydrogen) atoms. The molecule has 1 atom stereocenters. The van der Waals surface area contributed by atoms with Gasteiger partial charge in [0, 0.05) is 0 Å². The van der Waals surface area contributed by atoms with Gasteiger partial charge in [-0.2, -0.15) is 22.0 Å². The predicted molar refractivity (Wildman–Crippen MR) is 28.9 cm³/mol. The maximum atomic E-state index is 12.2. The number of halogens is 8. The van der Waals surface area contributed by atoms with Crippen molar-refractivity contribution in [2.24, 2.45) is 0 Å². The summed E-state index contributed by atoms with van der Waals surface area (Å²) < 4.78 is 84.0. The van der Waals surface area contributed by atoms with E-state index in [-0.39, 0.29) is 0 Å². The number of ether oxygens (including phenoxy) is 1. The quantitative estimate of drug-likeness (QED) is 0.613. The maximum absolute atomic E-state index is 12.2. The number of aliphatic hydroxyl groups is 1. The molecular formula is C4H2ClF7O2. The summed E-state index contributed by atoms with van der Waals surface area (Å²) in [6.45, 7) is 0. The minimum Gasteiger partial charge on any atom is -0.331 e. The van der Waals surface area contributed by atoms with E-state index in [1.165, 1.54) is 0 Å². The lowest BCUT2D eigenvalue weighted by Gasteiger charge is -2.26. The second-order valence-electron chi connectivity index (χ2n) is 2.02. The van der Waals surface area contributed by atoms with Crippen LogP contribution in [0.5, 0.6) is 0 Å².